The van der Waals surface area contributed by atoms with Gasteiger partial charge < -0.3 is 5.11 Å². The molecule has 0 aromatic carbocycles. The highest BCUT2D eigenvalue weighted by molar-refractivity contribution is 6.43. The smallest absolute Gasteiger partial charge is 0.228 e. The van der Waals surface area contributed by atoms with E-state index in [0.717, 1.165) is 0 Å². The molecule has 0 heterocycles. The number of carbonyl (C=O) groups is 2. The van der Waals surface area contributed by atoms with Gasteiger partial charge in [-0.05, 0) is 12.5 Å². The lowest BCUT2D eigenvalue weighted by molar-refractivity contribution is -0.136. The lowest BCUT2D eigenvalue weighted by atomic mass is 10.1. The van der Waals surface area contributed by atoms with Crippen molar-refractivity contribution >= 4 is 11.6 Å². The molecular formula is C6H8O3. The first-order valence-electron chi connectivity index (χ1n) is 2.43. The van der Waals surface area contributed by atoms with E-state index >= 15 is 0 Å². The van der Waals surface area contributed by atoms with Crippen LogP contribution in [0.2, 0.25) is 0 Å². The number of allylic oxidation sites excluding steroid dienone is 1. The zero-order valence-corrected chi connectivity index (χ0v) is 5.18. The lowest BCUT2D eigenvalue weighted by Crippen LogP contribution is -2.17. The summed E-state index contributed by atoms with van der Waals surface area (Å²) in [5.41, 5.74) is 0.161. The number of hydrogen-bond donors (Lipinski definition) is 1. The van der Waals surface area contributed by atoms with E-state index in [1.807, 2.05) is 0 Å². The molecule has 0 saturated heterocycles. The monoisotopic (exact) mass is 128 g/mol. The van der Waals surface area contributed by atoms with Crippen LogP contribution in [-0.4, -0.2) is 23.3 Å². The Kier molecular flexibility index (Phi) is 2.81. The van der Waals surface area contributed by atoms with E-state index in [1.54, 1.807) is 0 Å². The van der Waals surface area contributed by atoms with E-state index in [-0.39, 0.29) is 5.57 Å². The van der Waals surface area contributed by atoms with Crippen LogP contribution in [0.4, 0.5) is 0 Å². The first kappa shape index (κ1) is 8.04. The Balaban J connectivity index is 4.05. The van der Waals surface area contributed by atoms with Gasteiger partial charge in [-0.1, -0.05) is 6.58 Å². The van der Waals surface area contributed by atoms with Crippen LogP contribution in [0, 0.1) is 0 Å². The molecule has 0 radical (unpaired) electrons. The highest BCUT2D eigenvalue weighted by Gasteiger charge is 2.11. The Morgan fingerprint density at radius 2 is 2.00 bits per heavy atom. The molecule has 0 aliphatic carbocycles. The highest BCUT2D eigenvalue weighted by Crippen LogP contribution is 1.89. The van der Waals surface area contributed by atoms with Gasteiger partial charge in [0.15, 0.2) is 0 Å². The second-order valence-electron chi connectivity index (χ2n) is 1.69. The molecule has 0 atom stereocenters. The van der Waals surface area contributed by atoms with E-state index < -0.39 is 18.2 Å². The third kappa shape index (κ3) is 2.19. The van der Waals surface area contributed by atoms with Gasteiger partial charge in [0.1, 0.15) is 6.61 Å². The number of Topliss-reactive ketones (excluding diaryl/α,β-unsaturated/α-hetero) is 2. The van der Waals surface area contributed by atoms with Gasteiger partial charge in [0.2, 0.25) is 11.6 Å². The predicted molar refractivity (Wildman–Crippen MR) is 31.9 cm³/mol. The Morgan fingerprint density at radius 1 is 1.56 bits per heavy atom. The topological polar surface area (TPSA) is 54.4 Å². The Labute approximate surface area is 53.0 Å². The summed E-state index contributed by atoms with van der Waals surface area (Å²) in [5, 5.41) is 8.14. The van der Waals surface area contributed by atoms with Crippen molar-refractivity contribution in [3.8, 4) is 0 Å². The zero-order valence-electron chi connectivity index (χ0n) is 5.18. The van der Waals surface area contributed by atoms with E-state index in [0.29, 0.717) is 0 Å². The fraction of sp³-hybridized carbons (Fsp3) is 0.333. The Hall–Kier alpha value is -0.960. The average Bonchev–Trinajstić information content (AvgIpc) is 1.84. The van der Waals surface area contributed by atoms with Crippen LogP contribution >= 0.6 is 0 Å². The average molecular weight is 128 g/mol. The predicted octanol–water partition coefficient (Wildman–Crippen LogP) is -0.307. The molecule has 0 aromatic rings. The van der Waals surface area contributed by atoms with E-state index in [2.05, 4.69) is 6.58 Å². The second-order valence-corrected chi connectivity index (χ2v) is 1.69. The molecule has 0 aliphatic heterocycles. The van der Waals surface area contributed by atoms with Gasteiger partial charge >= 0.3 is 0 Å². The fourth-order valence-electron chi connectivity index (χ4n) is 0.310. The maximum atomic E-state index is 10.5. The Bertz CT molecular complexity index is 158. The number of hydrogen-bond acceptors (Lipinski definition) is 3. The van der Waals surface area contributed by atoms with E-state index in [4.69, 9.17) is 5.11 Å². The molecule has 0 spiro atoms. The molecule has 0 aromatic heterocycles. The van der Waals surface area contributed by atoms with Crippen LogP contribution < -0.4 is 0 Å². The molecule has 0 aliphatic rings. The zero-order chi connectivity index (χ0) is 7.44. The highest BCUT2D eigenvalue weighted by atomic mass is 16.3. The summed E-state index contributed by atoms with van der Waals surface area (Å²) in [4.78, 5) is 20.8. The number of carbonyl (C=O) groups excluding carboxylic acids is 2. The quantitative estimate of drug-likeness (QED) is 0.419. The van der Waals surface area contributed by atoms with Crippen molar-refractivity contribution < 1.29 is 14.7 Å². The van der Waals surface area contributed by atoms with Gasteiger partial charge in [-0.15, -0.1) is 0 Å². The van der Waals surface area contributed by atoms with Crippen LogP contribution in [0.25, 0.3) is 0 Å². The number of ketones is 2. The van der Waals surface area contributed by atoms with E-state index in [9.17, 15) is 9.59 Å². The van der Waals surface area contributed by atoms with Gasteiger partial charge in [0, 0.05) is 0 Å². The SMILES string of the molecule is C=C(C)C(=O)C(=O)CO. The number of aliphatic hydroxyl groups excluding tert-OH is 1. The van der Waals surface area contributed by atoms with Crippen LogP contribution in [-0.2, 0) is 9.59 Å². The molecule has 0 bridgehead atoms. The van der Waals surface area contributed by atoms with Gasteiger partial charge in [0.25, 0.3) is 0 Å². The molecule has 0 amide bonds. The van der Waals surface area contributed by atoms with Crippen molar-refractivity contribution in [2.75, 3.05) is 6.61 Å². The molecular weight excluding hydrogens is 120 g/mol. The van der Waals surface area contributed by atoms with Crippen LogP contribution in [0.5, 0.6) is 0 Å². The summed E-state index contributed by atoms with van der Waals surface area (Å²) < 4.78 is 0. The van der Waals surface area contributed by atoms with Gasteiger partial charge in [-0.3, -0.25) is 9.59 Å². The Morgan fingerprint density at radius 3 is 2.11 bits per heavy atom. The molecule has 3 nitrogen and oxygen atoms in total. The number of rotatable bonds is 3. The first-order chi connectivity index (χ1) is 4.09. The molecule has 0 saturated carbocycles. The number of aliphatic hydroxyl groups is 1. The van der Waals surface area contributed by atoms with Gasteiger partial charge in [0.05, 0.1) is 0 Å². The van der Waals surface area contributed by atoms with Crippen molar-refractivity contribution in [1.29, 1.82) is 0 Å². The normalized spacial score (nSPS) is 8.67. The largest absolute Gasteiger partial charge is 0.388 e. The summed E-state index contributed by atoms with van der Waals surface area (Å²) in [7, 11) is 0. The first-order valence-corrected chi connectivity index (χ1v) is 2.43. The molecule has 3 heteroatoms. The van der Waals surface area contributed by atoms with Crippen molar-refractivity contribution in [3.05, 3.63) is 12.2 Å². The maximum absolute atomic E-state index is 10.5. The lowest BCUT2D eigenvalue weighted by Gasteiger charge is -1.91. The maximum Gasteiger partial charge on any atom is 0.228 e. The summed E-state index contributed by atoms with van der Waals surface area (Å²) in [6, 6.07) is 0. The molecule has 9 heavy (non-hydrogen) atoms. The minimum Gasteiger partial charge on any atom is -0.388 e. The van der Waals surface area contributed by atoms with Crippen molar-refractivity contribution in [2.24, 2.45) is 0 Å². The van der Waals surface area contributed by atoms with E-state index in [1.165, 1.54) is 6.92 Å². The van der Waals surface area contributed by atoms with Crippen molar-refractivity contribution in [1.82, 2.24) is 0 Å². The molecule has 0 fully saturated rings. The van der Waals surface area contributed by atoms with Gasteiger partial charge in [-0.2, -0.15) is 0 Å². The van der Waals surface area contributed by atoms with Crippen LogP contribution in [0.1, 0.15) is 6.92 Å². The molecule has 0 unspecified atom stereocenters. The van der Waals surface area contributed by atoms with Crippen LogP contribution in [0.15, 0.2) is 12.2 Å². The second kappa shape index (κ2) is 3.14. The summed E-state index contributed by atoms with van der Waals surface area (Å²) in [6.07, 6.45) is 0. The van der Waals surface area contributed by atoms with Crippen molar-refractivity contribution in [3.63, 3.8) is 0 Å². The third-order valence-corrected chi connectivity index (χ3v) is 0.784. The molecule has 50 valence electrons. The third-order valence-electron chi connectivity index (χ3n) is 0.784. The summed E-state index contributed by atoms with van der Waals surface area (Å²) >= 11 is 0. The van der Waals surface area contributed by atoms with Crippen molar-refractivity contribution in [2.45, 2.75) is 6.92 Å². The summed E-state index contributed by atoms with van der Waals surface area (Å²) in [5.74, 6) is -1.50. The minimum atomic E-state index is -0.803. The fourth-order valence-corrected chi connectivity index (χ4v) is 0.310. The molecule has 1 N–H and O–H groups in total. The van der Waals surface area contributed by atoms with Crippen LogP contribution in [0.3, 0.4) is 0 Å². The minimum absolute atomic E-state index is 0.161. The molecule has 0 rings (SSSR count). The van der Waals surface area contributed by atoms with Gasteiger partial charge in [-0.25, -0.2) is 0 Å². The standard InChI is InChI=1S/C6H8O3/c1-4(2)6(9)5(8)3-7/h7H,1,3H2,2H3. The summed E-state index contributed by atoms with van der Waals surface area (Å²) in [6.45, 7) is 3.94.